The fourth-order valence-electron chi connectivity index (χ4n) is 6.05. The molecule has 243 valence electrons. The van der Waals surface area contributed by atoms with Gasteiger partial charge in [-0.1, -0.05) is 24.6 Å². The molecule has 1 radical (unpaired) electrons. The molecular weight excluding hydrogens is 819 g/mol. The van der Waals surface area contributed by atoms with Crippen molar-refractivity contribution in [2.45, 2.75) is 64.9 Å². The van der Waals surface area contributed by atoms with Gasteiger partial charge in [0.05, 0.1) is 28.1 Å². The number of para-hydroxylation sites is 2. The van der Waals surface area contributed by atoms with Gasteiger partial charge in [0, 0.05) is 32.8 Å². The summed E-state index contributed by atoms with van der Waals surface area (Å²) in [5, 5.41) is 0.982. The number of rotatable bonds is 6. The van der Waals surface area contributed by atoms with Crippen LogP contribution in [0.2, 0.25) is 17.3 Å². The number of fused-ring (bicyclic) bond motifs is 4. The van der Waals surface area contributed by atoms with E-state index in [1.54, 1.807) is 10.6 Å². The van der Waals surface area contributed by atoms with Crippen LogP contribution in [0.4, 0.5) is 0 Å². The number of aromatic nitrogens is 5. The maximum Gasteiger partial charge on any atom is 0.235 e. The normalized spacial score (nSPS) is 11.6. The second-order valence-electron chi connectivity index (χ2n) is 13.3. The fraction of sp³-hybridized carbons (Fsp3) is 0.282. The minimum absolute atomic E-state index is 0. The molecule has 47 heavy (non-hydrogen) atoms. The summed E-state index contributed by atoms with van der Waals surface area (Å²) in [6, 6.07) is 27.2. The van der Waals surface area contributed by atoms with Gasteiger partial charge in [-0.3, -0.25) is 9.97 Å². The monoisotopic (exact) mass is 862 g/mol. The molecule has 0 fully saturated rings. The molecule has 0 unspecified atom stereocenters. The molecule has 7 rings (SSSR count). The van der Waals surface area contributed by atoms with Crippen molar-refractivity contribution >= 4 is 50.9 Å². The minimum atomic E-state index is -1.86. The summed E-state index contributed by atoms with van der Waals surface area (Å²) >= 11 is -1.86. The summed E-state index contributed by atoms with van der Waals surface area (Å²) in [5.41, 5.74) is 10.6. The Hall–Kier alpha value is -3.65. The van der Waals surface area contributed by atoms with Crippen LogP contribution in [-0.2, 0) is 33.1 Å². The van der Waals surface area contributed by atoms with E-state index in [0.29, 0.717) is 11.6 Å². The molecule has 0 aliphatic rings. The molecule has 4 aromatic heterocycles. The zero-order valence-electron chi connectivity index (χ0n) is 28.4. The second kappa shape index (κ2) is 14.2. The van der Waals surface area contributed by atoms with Crippen LogP contribution in [0.15, 0.2) is 77.5 Å². The van der Waals surface area contributed by atoms with Gasteiger partial charge in [-0.15, -0.1) is 17.7 Å². The molecule has 0 N–H and O–H groups in total. The van der Waals surface area contributed by atoms with Crippen molar-refractivity contribution in [2.75, 3.05) is 0 Å². The van der Waals surface area contributed by atoms with E-state index in [4.69, 9.17) is 14.4 Å². The standard InChI is InChI=1S/C21H17N4O.C18H24GeN.Ir/c1-4-25-16-8-6-5-7-15(16)24-20(25)14-10-9-12(2)17-18-21(26-19(14)17)23-13(3)11-22-18;1-14(2)11-16-12-18(15-9-7-6-8-10-15)20-13-17(16)19(3,4)5;/h5-9,11H,4H2,1-3H3;6-9,12-14H,11H2,1-5H3;/q2*-1;. The Morgan fingerprint density at radius 3 is 2.40 bits per heavy atom. The molecule has 7 aromatic rings. The van der Waals surface area contributed by atoms with Crippen molar-refractivity contribution in [2.24, 2.45) is 5.92 Å². The number of hydrogen-bond acceptors (Lipinski definition) is 5. The predicted octanol–water partition coefficient (Wildman–Crippen LogP) is 9.12. The molecule has 0 saturated carbocycles. The van der Waals surface area contributed by atoms with E-state index in [-0.39, 0.29) is 20.1 Å². The molecule has 0 saturated heterocycles. The van der Waals surface area contributed by atoms with E-state index in [1.165, 1.54) is 5.56 Å². The van der Waals surface area contributed by atoms with Crippen molar-refractivity contribution in [3.8, 4) is 22.6 Å². The molecule has 0 aliphatic heterocycles. The zero-order valence-corrected chi connectivity index (χ0v) is 32.9. The van der Waals surface area contributed by atoms with Gasteiger partial charge < -0.3 is 8.98 Å². The number of aryl methyl sites for hydroxylation is 3. The van der Waals surface area contributed by atoms with E-state index in [2.05, 4.69) is 89.1 Å². The molecule has 0 amide bonds. The summed E-state index contributed by atoms with van der Waals surface area (Å²) in [6.45, 7) is 11.5. The van der Waals surface area contributed by atoms with Crippen molar-refractivity contribution in [1.82, 2.24) is 24.5 Å². The number of nitrogens with zero attached hydrogens (tertiary/aromatic N) is 5. The molecule has 0 spiro atoms. The van der Waals surface area contributed by atoms with Gasteiger partial charge in [-0.25, -0.2) is 4.98 Å². The topological polar surface area (TPSA) is 69.6 Å². The van der Waals surface area contributed by atoms with Crippen molar-refractivity contribution < 1.29 is 24.5 Å². The van der Waals surface area contributed by atoms with E-state index < -0.39 is 13.3 Å². The SMILES string of the molecule is CC(C)Cc1cc(-c2[c-]cccc2)nc[c]1[Ge]([CH3])([CH3])[CH3].CCn1c(-c2[c-]cc(C)c3c2oc2nc(C)cnc23)nc2ccccc21.[Ir]. The molecule has 8 heteroatoms. The third-order valence-electron chi connectivity index (χ3n) is 8.18. The van der Waals surface area contributed by atoms with E-state index in [1.807, 2.05) is 56.3 Å². The largest absolute Gasteiger partial charge is 0.485 e. The smallest absolute Gasteiger partial charge is 0.235 e. The van der Waals surface area contributed by atoms with Gasteiger partial charge in [0.15, 0.2) is 0 Å². The molecule has 0 bridgehead atoms. The molecular formula is C39H41GeIrN5O-2. The van der Waals surface area contributed by atoms with Gasteiger partial charge in [0.1, 0.15) is 5.52 Å². The van der Waals surface area contributed by atoms with Gasteiger partial charge in [-0.2, -0.15) is 0 Å². The summed E-state index contributed by atoms with van der Waals surface area (Å²) in [7, 11) is 0. The van der Waals surface area contributed by atoms with Crippen LogP contribution in [-0.4, -0.2) is 37.8 Å². The first kappa shape index (κ1) is 34.7. The summed E-state index contributed by atoms with van der Waals surface area (Å²) in [6.07, 6.45) is 5.04. The Balaban J connectivity index is 0.000000188. The molecule has 0 aliphatic carbocycles. The molecule has 4 heterocycles. The number of pyridine rings is 1. The maximum atomic E-state index is 6.14. The summed E-state index contributed by atoms with van der Waals surface area (Å²) in [5.74, 6) is 8.85. The summed E-state index contributed by atoms with van der Waals surface area (Å²) < 4.78 is 9.87. The third-order valence-corrected chi connectivity index (χ3v) is 12.5. The number of hydrogen-bond donors (Lipinski definition) is 0. The second-order valence-corrected chi connectivity index (χ2v) is 23.9. The van der Waals surface area contributed by atoms with Crippen LogP contribution in [0.3, 0.4) is 0 Å². The van der Waals surface area contributed by atoms with Crippen LogP contribution in [0.5, 0.6) is 0 Å². The molecule has 6 nitrogen and oxygen atoms in total. The molecule has 0 atom stereocenters. The predicted molar refractivity (Wildman–Crippen MR) is 192 cm³/mol. The van der Waals surface area contributed by atoms with Gasteiger partial charge >= 0.3 is 126 Å². The zero-order chi connectivity index (χ0) is 32.6. The minimum Gasteiger partial charge on any atom is -0.485 e. The Labute approximate surface area is 293 Å². The third kappa shape index (κ3) is 7.13. The first-order valence-corrected chi connectivity index (χ1v) is 23.4. The average Bonchev–Trinajstić information content (AvgIpc) is 3.60. The number of benzene rings is 3. The molecule has 3 aromatic carbocycles. The Bertz CT molecular complexity index is 2160. The van der Waals surface area contributed by atoms with E-state index in [9.17, 15) is 0 Å². The Kier molecular flexibility index (Phi) is 10.5. The van der Waals surface area contributed by atoms with Crippen LogP contribution >= 0.6 is 0 Å². The van der Waals surface area contributed by atoms with Crippen molar-refractivity contribution in [3.63, 3.8) is 0 Å². The fourth-order valence-corrected chi connectivity index (χ4v) is 9.38. The van der Waals surface area contributed by atoms with Gasteiger partial charge in [-0.05, 0) is 31.4 Å². The van der Waals surface area contributed by atoms with Gasteiger partial charge in [0.2, 0.25) is 5.71 Å². The number of furan rings is 1. The quantitative estimate of drug-likeness (QED) is 0.123. The Morgan fingerprint density at radius 1 is 0.936 bits per heavy atom. The van der Waals surface area contributed by atoms with Crippen LogP contribution in [0.25, 0.3) is 55.9 Å². The average molecular weight is 861 g/mol. The first-order chi connectivity index (χ1) is 22.0. The first-order valence-electron chi connectivity index (χ1n) is 16.0. The van der Waals surface area contributed by atoms with Crippen LogP contribution < -0.4 is 4.40 Å². The van der Waals surface area contributed by atoms with E-state index in [0.717, 1.165) is 74.4 Å². The van der Waals surface area contributed by atoms with Crippen LogP contribution in [0, 0.1) is 31.9 Å². The summed E-state index contributed by atoms with van der Waals surface area (Å²) in [4.78, 5) is 18.6. The van der Waals surface area contributed by atoms with Crippen LogP contribution in [0.1, 0.15) is 37.6 Å². The maximum absolute atomic E-state index is 6.14. The van der Waals surface area contributed by atoms with Crippen molar-refractivity contribution in [3.05, 3.63) is 102 Å². The van der Waals surface area contributed by atoms with Crippen molar-refractivity contribution in [1.29, 1.82) is 0 Å². The van der Waals surface area contributed by atoms with E-state index >= 15 is 0 Å². The Morgan fingerprint density at radius 2 is 1.70 bits per heavy atom. The van der Waals surface area contributed by atoms with Gasteiger partial charge in [0.25, 0.3) is 0 Å². The number of imidazole rings is 1.